The van der Waals surface area contributed by atoms with Crippen LogP contribution in [0.4, 0.5) is 0 Å². The molecular formula is C19H29N3O4S. The lowest BCUT2D eigenvalue weighted by Gasteiger charge is -2.46. The summed E-state index contributed by atoms with van der Waals surface area (Å²) in [6.45, 7) is 6.74. The van der Waals surface area contributed by atoms with E-state index in [9.17, 15) is 13.2 Å². The average Bonchev–Trinajstić information content (AvgIpc) is 3.32. The monoisotopic (exact) mass is 395 g/mol. The van der Waals surface area contributed by atoms with Crippen LogP contribution < -0.4 is 0 Å². The van der Waals surface area contributed by atoms with E-state index in [2.05, 4.69) is 4.90 Å². The van der Waals surface area contributed by atoms with Gasteiger partial charge in [-0.05, 0) is 51.4 Å². The van der Waals surface area contributed by atoms with Gasteiger partial charge in [0.25, 0.3) is 0 Å². The summed E-state index contributed by atoms with van der Waals surface area (Å²) < 4.78 is 31.6. The molecule has 1 unspecified atom stereocenters. The van der Waals surface area contributed by atoms with Gasteiger partial charge in [-0.3, -0.25) is 9.69 Å². The number of hydrogen-bond acceptors (Lipinski definition) is 5. The molecule has 2 spiro atoms. The highest BCUT2D eigenvalue weighted by Crippen LogP contribution is 2.58. The molecule has 0 saturated carbocycles. The molecule has 0 aromatic carbocycles. The summed E-state index contributed by atoms with van der Waals surface area (Å²) in [6, 6.07) is 3.87. The molecule has 0 radical (unpaired) electrons. The van der Waals surface area contributed by atoms with Crippen molar-refractivity contribution in [2.75, 3.05) is 45.5 Å². The summed E-state index contributed by atoms with van der Waals surface area (Å²) in [6.07, 6.45) is 5.42. The van der Waals surface area contributed by atoms with Gasteiger partial charge >= 0.3 is 0 Å². The van der Waals surface area contributed by atoms with E-state index in [1.54, 1.807) is 10.6 Å². The largest absolute Gasteiger partial charge is 0.468 e. The van der Waals surface area contributed by atoms with Crippen LogP contribution in [0.25, 0.3) is 0 Å². The van der Waals surface area contributed by atoms with Crippen LogP contribution in [0.15, 0.2) is 22.8 Å². The molecular weight excluding hydrogens is 366 g/mol. The number of fused-ring (bicyclic) bond motifs is 1. The smallest absolute Gasteiger partial charge is 0.230 e. The van der Waals surface area contributed by atoms with E-state index in [4.69, 9.17) is 4.42 Å². The maximum absolute atomic E-state index is 13.3. The van der Waals surface area contributed by atoms with E-state index in [1.165, 1.54) is 6.26 Å². The SMILES string of the molecule is CCN1CCC2(CN(S(C)(=O)=O)CC23CCN(Cc2ccco2)CC3)C1=O. The quantitative estimate of drug-likeness (QED) is 0.770. The first kappa shape index (κ1) is 19.0. The van der Waals surface area contributed by atoms with E-state index < -0.39 is 15.4 Å². The summed E-state index contributed by atoms with van der Waals surface area (Å²) in [5.74, 6) is 1.11. The van der Waals surface area contributed by atoms with Crippen LogP contribution in [0.3, 0.4) is 0 Å². The minimum absolute atomic E-state index is 0.163. The lowest BCUT2D eigenvalue weighted by molar-refractivity contribution is -0.142. The molecule has 1 aromatic rings. The van der Waals surface area contributed by atoms with Gasteiger partial charge < -0.3 is 9.32 Å². The number of amides is 1. The van der Waals surface area contributed by atoms with E-state index in [0.29, 0.717) is 19.6 Å². The number of furan rings is 1. The topological polar surface area (TPSA) is 74.1 Å². The number of nitrogens with zero attached hydrogens (tertiary/aromatic N) is 3. The first-order valence-corrected chi connectivity index (χ1v) is 11.6. The van der Waals surface area contributed by atoms with Crippen LogP contribution in [0.2, 0.25) is 0 Å². The summed E-state index contributed by atoms with van der Waals surface area (Å²) >= 11 is 0. The van der Waals surface area contributed by atoms with Crippen molar-refractivity contribution in [2.45, 2.75) is 32.7 Å². The van der Waals surface area contributed by atoms with Crippen molar-refractivity contribution in [2.24, 2.45) is 10.8 Å². The Kier molecular flexibility index (Phi) is 4.63. The predicted molar refractivity (Wildman–Crippen MR) is 101 cm³/mol. The van der Waals surface area contributed by atoms with Crippen molar-refractivity contribution in [3.63, 3.8) is 0 Å². The number of sulfonamides is 1. The molecule has 1 atom stereocenters. The van der Waals surface area contributed by atoms with Gasteiger partial charge in [0.2, 0.25) is 15.9 Å². The molecule has 27 heavy (non-hydrogen) atoms. The van der Waals surface area contributed by atoms with Crippen molar-refractivity contribution in [1.29, 1.82) is 0 Å². The third-order valence-electron chi connectivity index (χ3n) is 7.07. The van der Waals surface area contributed by atoms with Crippen molar-refractivity contribution in [3.05, 3.63) is 24.2 Å². The van der Waals surface area contributed by atoms with Crippen molar-refractivity contribution >= 4 is 15.9 Å². The zero-order chi connectivity index (χ0) is 19.3. The van der Waals surface area contributed by atoms with Gasteiger partial charge in [0, 0.05) is 31.6 Å². The Bertz CT molecular complexity index is 799. The number of carbonyl (C=O) groups excluding carboxylic acids is 1. The number of rotatable bonds is 4. The maximum atomic E-state index is 13.3. The van der Waals surface area contributed by atoms with Gasteiger partial charge in [-0.2, -0.15) is 0 Å². The normalized spacial score (nSPS) is 29.4. The molecule has 7 nitrogen and oxygen atoms in total. The van der Waals surface area contributed by atoms with Crippen LogP contribution in [-0.2, 0) is 21.4 Å². The van der Waals surface area contributed by atoms with Gasteiger partial charge in [0.05, 0.1) is 24.5 Å². The predicted octanol–water partition coefficient (Wildman–Crippen LogP) is 1.38. The Morgan fingerprint density at radius 2 is 1.89 bits per heavy atom. The van der Waals surface area contributed by atoms with Crippen LogP contribution in [0.5, 0.6) is 0 Å². The van der Waals surface area contributed by atoms with E-state index in [1.807, 2.05) is 24.0 Å². The molecule has 0 bridgehead atoms. The second-order valence-electron chi connectivity index (χ2n) is 8.38. The first-order valence-electron chi connectivity index (χ1n) is 9.79. The average molecular weight is 396 g/mol. The van der Waals surface area contributed by atoms with Gasteiger partial charge in [0.1, 0.15) is 5.76 Å². The zero-order valence-corrected chi connectivity index (χ0v) is 17.0. The third kappa shape index (κ3) is 3.02. The minimum atomic E-state index is -3.31. The van der Waals surface area contributed by atoms with E-state index in [-0.39, 0.29) is 11.3 Å². The lowest BCUT2D eigenvalue weighted by atomic mass is 9.60. The number of likely N-dealkylation sites (tertiary alicyclic amines) is 2. The Labute approximate surface area is 161 Å². The fraction of sp³-hybridized carbons (Fsp3) is 0.737. The highest BCUT2D eigenvalue weighted by atomic mass is 32.2. The molecule has 4 rings (SSSR count). The molecule has 8 heteroatoms. The van der Waals surface area contributed by atoms with E-state index in [0.717, 1.165) is 51.2 Å². The Hall–Kier alpha value is -1.38. The van der Waals surface area contributed by atoms with Crippen LogP contribution in [0, 0.1) is 10.8 Å². The van der Waals surface area contributed by atoms with E-state index >= 15 is 0 Å². The summed E-state index contributed by atoms with van der Waals surface area (Å²) in [5, 5.41) is 0. The maximum Gasteiger partial charge on any atom is 0.230 e. The molecule has 3 saturated heterocycles. The van der Waals surface area contributed by atoms with Crippen LogP contribution in [0.1, 0.15) is 31.9 Å². The molecule has 150 valence electrons. The van der Waals surface area contributed by atoms with Crippen LogP contribution in [-0.4, -0.2) is 74.0 Å². The Morgan fingerprint density at radius 3 is 2.44 bits per heavy atom. The number of carbonyl (C=O) groups is 1. The molecule has 1 amide bonds. The Balaban J connectivity index is 1.58. The van der Waals surface area contributed by atoms with Gasteiger partial charge in [-0.25, -0.2) is 12.7 Å². The van der Waals surface area contributed by atoms with Gasteiger partial charge in [-0.15, -0.1) is 0 Å². The molecule has 3 aliphatic heterocycles. The third-order valence-corrected chi connectivity index (χ3v) is 8.27. The summed E-state index contributed by atoms with van der Waals surface area (Å²) in [7, 11) is -3.31. The molecule has 4 heterocycles. The number of hydrogen-bond donors (Lipinski definition) is 0. The summed E-state index contributed by atoms with van der Waals surface area (Å²) in [4.78, 5) is 17.6. The zero-order valence-electron chi connectivity index (χ0n) is 16.2. The molecule has 3 fully saturated rings. The van der Waals surface area contributed by atoms with Gasteiger partial charge in [-0.1, -0.05) is 0 Å². The van der Waals surface area contributed by atoms with Crippen molar-refractivity contribution in [3.8, 4) is 0 Å². The molecule has 3 aliphatic rings. The standard InChI is InChI=1S/C19H29N3O4S/c1-3-21-11-8-19(17(21)23)15-22(27(2,24)25)14-18(19)6-9-20(10-7-18)13-16-5-4-12-26-16/h4-5,12H,3,6-11,13-15H2,1-2H3. The number of piperidine rings is 1. The highest BCUT2D eigenvalue weighted by Gasteiger charge is 2.66. The lowest BCUT2D eigenvalue weighted by Crippen LogP contribution is -2.52. The first-order chi connectivity index (χ1) is 12.8. The summed E-state index contributed by atoms with van der Waals surface area (Å²) in [5.41, 5.74) is -0.806. The fourth-order valence-corrected chi connectivity index (χ4v) is 6.36. The fourth-order valence-electron chi connectivity index (χ4n) is 5.42. The van der Waals surface area contributed by atoms with Crippen LogP contribution >= 0.6 is 0 Å². The second kappa shape index (κ2) is 6.60. The minimum Gasteiger partial charge on any atom is -0.468 e. The van der Waals surface area contributed by atoms with Gasteiger partial charge in [0.15, 0.2) is 0 Å². The molecule has 1 aromatic heterocycles. The molecule has 0 N–H and O–H groups in total. The highest BCUT2D eigenvalue weighted by molar-refractivity contribution is 7.88. The van der Waals surface area contributed by atoms with Crippen molar-refractivity contribution < 1.29 is 17.6 Å². The Morgan fingerprint density at radius 1 is 1.15 bits per heavy atom. The van der Waals surface area contributed by atoms with Crippen molar-refractivity contribution in [1.82, 2.24) is 14.1 Å². The second-order valence-corrected chi connectivity index (χ2v) is 10.4. The molecule has 0 aliphatic carbocycles.